The van der Waals surface area contributed by atoms with Crippen molar-refractivity contribution in [3.05, 3.63) is 29.8 Å². The summed E-state index contributed by atoms with van der Waals surface area (Å²) in [6, 6.07) is 7.15. The van der Waals surface area contributed by atoms with Gasteiger partial charge in [0.15, 0.2) is 0 Å². The Kier molecular flexibility index (Phi) is 7.53. The van der Waals surface area contributed by atoms with Crippen LogP contribution in [0.4, 0.5) is 0 Å². The van der Waals surface area contributed by atoms with E-state index >= 15 is 0 Å². The minimum atomic E-state index is -0.540. The number of hydrogen-bond acceptors (Lipinski definition) is 4. The highest BCUT2D eigenvalue weighted by Crippen LogP contribution is 2.16. The summed E-state index contributed by atoms with van der Waals surface area (Å²) in [4.78, 5) is 14.5. The molecule has 1 amide bonds. The second-order valence-electron chi connectivity index (χ2n) is 6.72. The topological polar surface area (TPSA) is 61.8 Å². The number of nitrogens with zero attached hydrogens (tertiary/aromatic N) is 1. The fourth-order valence-electron chi connectivity index (χ4n) is 2.87. The number of aliphatic hydroxyl groups is 1. The van der Waals surface area contributed by atoms with E-state index in [-0.39, 0.29) is 12.5 Å². The molecule has 0 saturated carbocycles. The van der Waals surface area contributed by atoms with E-state index in [1.54, 1.807) is 12.1 Å². The molecule has 1 heterocycles. The molecule has 1 unspecified atom stereocenters. The molecule has 1 fully saturated rings. The molecule has 0 bridgehead atoms. The Morgan fingerprint density at radius 1 is 1.42 bits per heavy atom. The average molecular weight is 334 g/mol. The Bertz CT molecular complexity index is 513. The van der Waals surface area contributed by atoms with Crippen molar-refractivity contribution in [1.82, 2.24) is 10.2 Å². The van der Waals surface area contributed by atoms with E-state index in [4.69, 9.17) is 4.74 Å². The minimum absolute atomic E-state index is 0.178. The Balaban J connectivity index is 1.75. The molecule has 1 aromatic carbocycles. The number of β-amino-alcohol motifs (C(OH)–C–C–N with tert-alkyl or cyclic N) is 1. The van der Waals surface area contributed by atoms with Crippen molar-refractivity contribution in [3.63, 3.8) is 0 Å². The van der Waals surface area contributed by atoms with Gasteiger partial charge in [0.1, 0.15) is 5.75 Å². The normalized spacial score (nSPS) is 17.5. The lowest BCUT2D eigenvalue weighted by molar-refractivity contribution is 0.0795. The maximum atomic E-state index is 12.2. The lowest BCUT2D eigenvalue weighted by Gasteiger charge is -2.31. The van der Waals surface area contributed by atoms with Crippen LogP contribution in [-0.2, 0) is 0 Å². The summed E-state index contributed by atoms with van der Waals surface area (Å²) >= 11 is 0. The molecule has 5 heteroatoms. The smallest absolute Gasteiger partial charge is 0.251 e. The highest BCUT2D eigenvalue weighted by Gasteiger charge is 2.18. The van der Waals surface area contributed by atoms with Crippen LogP contribution in [0.2, 0.25) is 0 Å². The van der Waals surface area contributed by atoms with Crippen molar-refractivity contribution in [2.75, 3.05) is 32.8 Å². The van der Waals surface area contributed by atoms with Gasteiger partial charge in [-0.3, -0.25) is 4.79 Å². The molecule has 1 saturated heterocycles. The number of carbonyl (C=O) groups is 1. The molecule has 1 aromatic rings. The van der Waals surface area contributed by atoms with Gasteiger partial charge in [0, 0.05) is 18.7 Å². The van der Waals surface area contributed by atoms with Gasteiger partial charge in [0.25, 0.3) is 5.91 Å². The van der Waals surface area contributed by atoms with Crippen molar-refractivity contribution >= 4 is 5.91 Å². The third-order valence-electron chi connectivity index (χ3n) is 4.41. The first-order chi connectivity index (χ1) is 11.6. The van der Waals surface area contributed by atoms with Crippen molar-refractivity contribution in [3.8, 4) is 5.75 Å². The molecular formula is C19H30N2O3. The molecule has 1 aliphatic rings. The van der Waals surface area contributed by atoms with Crippen LogP contribution in [0, 0.1) is 5.92 Å². The fraction of sp³-hybridized carbons (Fsp3) is 0.632. The number of hydrogen-bond donors (Lipinski definition) is 2. The second-order valence-corrected chi connectivity index (χ2v) is 6.72. The average Bonchev–Trinajstić information content (AvgIpc) is 2.60. The van der Waals surface area contributed by atoms with Gasteiger partial charge in [-0.2, -0.15) is 0 Å². The van der Waals surface area contributed by atoms with Crippen LogP contribution in [0.1, 0.15) is 43.5 Å². The maximum Gasteiger partial charge on any atom is 0.251 e. The lowest BCUT2D eigenvalue weighted by atomic mass is 9.99. The van der Waals surface area contributed by atoms with E-state index in [2.05, 4.69) is 17.1 Å². The van der Waals surface area contributed by atoms with Crippen LogP contribution in [0.5, 0.6) is 5.75 Å². The molecule has 0 spiro atoms. The van der Waals surface area contributed by atoms with Crippen LogP contribution in [0.3, 0.4) is 0 Å². The molecular weight excluding hydrogens is 304 g/mol. The van der Waals surface area contributed by atoms with Crippen molar-refractivity contribution in [2.45, 2.75) is 39.2 Å². The van der Waals surface area contributed by atoms with E-state index in [1.165, 1.54) is 12.8 Å². The van der Waals surface area contributed by atoms with Gasteiger partial charge in [0.05, 0.1) is 12.7 Å². The van der Waals surface area contributed by atoms with E-state index in [0.717, 1.165) is 25.4 Å². The van der Waals surface area contributed by atoms with Crippen molar-refractivity contribution < 1.29 is 14.6 Å². The second kappa shape index (κ2) is 9.64. The number of likely N-dealkylation sites (tertiary alicyclic amines) is 1. The van der Waals surface area contributed by atoms with Gasteiger partial charge >= 0.3 is 0 Å². The number of aliphatic hydroxyl groups excluding tert-OH is 1. The summed E-state index contributed by atoms with van der Waals surface area (Å²) in [5, 5.41) is 13.0. The first kappa shape index (κ1) is 18.7. The van der Waals surface area contributed by atoms with E-state index < -0.39 is 6.10 Å². The SMILES string of the molecule is CCCOc1cccc(C(=O)NCC(O)CN2CCC(C)CC2)c1. The van der Waals surface area contributed by atoms with E-state index in [9.17, 15) is 9.90 Å². The molecule has 1 atom stereocenters. The zero-order valence-electron chi connectivity index (χ0n) is 14.8. The third-order valence-corrected chi connectivity index (χ3v) is 4.41. The number of amides is 1. The zero-order valence-corrected chi connectivity index (χ0v) is 14.8. The number of carbonyl (C=O) groups excluding carboxylic acids is 1. The summed E-state index contributed by atoms with van der Waals surface area (Å²) < 4.78 is 5.54. The predicted octanol–water partition coefficient (Wildman–Crippen LogP) is 2.30. The fourth-order valence-corrected chi connectivity index (χ4v) is 2.87. The van der Waals surface area contributed by atoms with Crippen LogP contribution < -0.4 is 10.1 Å². The quantitative estimate of drug-likeness (QED) is 0.766. The zero-order chi connectivity index (χ0) is 17.4. The van der Waals surface area contributed by atoms with Crippen LogP contribution in [0.15, 0.2) is 24.3 Å². The monoisotopic (exact) mass is 334 g/mol. The maximum absolute atomic E-state index is 12.2. The molecule has 0 radical (unpaired) electrons. The highest BCUT2D eigenvalue weighted by molar-refractivity contribution is 5.94. The van der Waals surface area contributed by atoms with Crippen LogP contribution >= 0.6 is 0 Å². The standard InChI is InChI=1S/C19H30N2O3/c1-3-11-24-18-6-4-5-16(12-18)19(23)20-13-17(22)14-21-9-7-15(2)8-10-21/h4-6,12,15,17,22H,3,7-11,13-14H2,1-2H3,(H,20,23). The number of piperidine rings is 1. The Morgan fingerprint density at radius 3 is 2.88 bits per heavy atom. The predicted molar refractivity (Wildman–Crippen MR) is 95.4 cm³/mol. The summed E-state index contributed by atoms with van der Waals surface area (Å²) in [6.45, 7) is 7.90. The van der Waals surface area contributed by atoms with Gasteiger partial charge in [-0.05, 0) is 56.5 Å². The molecule has 0 aliphatic carbocycles. The number of nitrogens with one attached hydrogen (secondary N) is 1. The molecule has 134 valence electrons. The molecule has 2 N–H and O–H groups in total. The van der Waals surface area contributed by atoms with Gasteiger partial charge in [0.2, 0.25) is 0 Å². The van der Waals surface area contributed by atoms with E-state index in [0.29, 0.717) is 24.5 Å². The third kappa shape index (κ3) is 6.13. The molecule has 0 aromatic heterocycles. The largest absolute Gasteiger partial charge is 0.494 e. The van der Waals surface area contributed by atoms with Crippen LogP contribution in [-0.4, -0.2) is 54.8 Å². The number of ether oxygens (including phenoxy) is 1. The molecule has 1 aliphatic heterocycles. The first-order valence-corrected chi connectivity index (χ1v) is 9.00. The van der Waals surface area contributed by atoms with Gasteiger partial charge in [-0.1, -0.05) is 19.9 Å². The van der Waals surface area contributed by atoms with Crippen molar-refractivity contribution in [2.24, 2.45) is 5.92 Å². The van der Waals surface area contributed by atoms with Gasteiger partial charge in [-0.15, -0.1) is 0 Å². The highest BCUT2D eigenvalue weighted by atomic mass is 16.5. The molecule has 2 rings (SSSR count). The van der Waals surface area contributed by atoms with Gasteiger partial charge in [-0.25, -0.2) is 0 Å². The minimum Gasteiger partial charge on any atom is -0.494 e. The first-order valence-electron chi connectivity index (χ1n) is 9.00. The van der Waals surface area contributed by atoms with Gasteiger partial charge < -0.3 is 20.1 Å². The number of rotatable bonds is 8. The summed E-state index contributed by atoms with van der Waals surface area (Å²) in [5.74, 6) is 1.30. The summed E-state index contributed by atoms with van der Waals surface area (Å²) in [6.07, 6.45) is 2.76. The lowest BCUT2D eigenvalue weighted by Crippen LogP contribution is -2.43. The Labute approximate surface area is 145 Å². The Morgan fingerprint density at radius 2 is 2.17 bits per heavy atom. The van der Waals surface area contributed by atoms with Crippen molar-refractivity contribution in [1.29, 1.82) is 0 Å². The van der Waals surface area contributed by atoms with E-state index in [1.807, 2.05) is 19.1 Å². The molecule has 5 nitrogen and oxygen atoms in total. The number of benzene rings is 1. The Hall–Kier alpha value is -1.59. The summed E-state index contributed by atoms with van der Waals surface area (Å²) in [7, 11) is 0. The van der Waals surface area contributed by atoms with Crippen LogP contribution in [0.25, 0.3) is 0 Å². The molecule has 24 heavy (non-hydrogen) atoms. The summed E-state index contributed by atoms with van der Waals surface area (Å²) in [5.41, 5.74) is 0.558.